The second-order valence-electron chi connectivity index (χ2n) is 1.26. The number of rotatable bonds is 0. The average Bonchev–Trinajstić information content (AvgIpc) is 1.86. The second-order valence-corrected chi connectivity index (χ2v) is 4.68. The third-order valence-corrected chi connectivity index (χ3v) is 3.53. The van der Waals surface area contributed by atoms with Crippen LogP contribution < -0.4 is 0 Å². The maximum atomic E-state index is 4.15. The van der Waals surface area contributed by atoms with Gasteiger partial charge in [0.15, 0.2) is 0 Å². The fraction of sp³-hybridized carbons (Fsp3) is 1.00. The topological polar surface area (TPSA) is 3.24 Å². The predicted octanol–water partition coefficient (Wildman–Crippen LogP) is 0.574. The van der Waals surface area contributed by atoms with E-state index in [4.69, 9.17) is 0 Å². The number of hydrogen-bond donors (Lipinski definition) is 1. The minimum atomic E-state index is 0.725. The molecule has 0 amide bonds. The van der Waals surface area contributed by atoms with E-state index in [1.807, 2.05) is 0 Å². The van der Waals surface area contributed by atoms with Crippen molar-refractivity contribution in [3.05, 3.63) is 0 Å². The van der Waals surface area contributed by atoms with Crippen LogP contribution in [0.25, 0.3) is 0 Å². The molecule has 1 rings (SSSR count). The van der Waals surface area contributed by atoms with E-state index in [0.29, 0.717) is 0 Å². The standard InChI is InChI=1S/C3H7NSSe/c5-4-2-1-3-6-4/h5H,1-3H2. The molecule has 1 aliphatic heterocycles. The van der Waals surface area contributed by atoms with Gasteiger partial charge in [0.25, 0.3) is 0 Å². The van der Waals surface area contributed by atoms with Gasteiger partial charge in [0.05, 0.1) is 0 Å². The summed E-state index contributed by atoms with van der Waals surface area (Å²) in [7, 11) is 0. The van der Waals surface area contributed by atoms with Gasteiger partial charge in [-0.25, -0.2) is 0 Å². The van der Waals surface area contributed by atoms with Crippen LogP contribution in [0.15, 0.2) is 0 Å². The Bertz CT molecular complexity index is 44.1. The molecule has 1 aliphatic rings. The second kappa shape index (κ2) is 2.22. The van der Waals surface area contributed by atoms with Crippen LogP contribution in [0.3, 0.4) is 0 Å². The minimum absolute atomic E-state index is 0.725. The van der Waals surface area contributed by atoms with E-state index >= 15 is 0 Å². The van der Waals surface area contributed by atoms with Gasteiger partial charge in [-0.3, -0.25) is 0 Å². The zero-order valence-corrected chi connectivity index (χ0v) is 6.03. The fourth-order valence-electron chi connectivity index (χ4n) is 0.434. The first-order valence-electron chi connectivity index (χ1n) is 1.99. The van der Waals surface area contributed by atoms with Crippen molar-refractivity contribution < 1.29 is 0 Å². The first-order chi connectivity index (χ1) is 2.89. The summed E-state index contributed by atoms with van der Waals surface area (Å²) in [6, 6.07) is 0. The van der Waals surface area contributed by atoms with Gasteiger partial charge in [0.2, 0.25) is 0 Å². The molecule has 0 N–H and O–H groups in total. The van der Waals surface area contributed by atoms with Crippen LogP contribution in [-0.4, -0.2) is 25.0 Å². The van der Waals surface area contributed by atoms with Crippen LogP contribution in [0.1, 0.15) is 6.42 Å². The van der Waals surface area contributed by atoms with Crippen LogP contribution in [-0.2, 0) is 0 Å². The first kappa shape index (κ1) is 4.98. The Kier molecular flexibility index (Phi) is 1.84. The monoisotopic (exact) mass is 169 g/mol. The molecule has 0 aromatic rings. The number of nitrogens with zero attached hydrogens (tertiary/aromatic N) is 1. The quantitative estimate of drug-likeness (QED) is 0.409. The van der Waals surface area contributed by atoms with Crippen molar-refractivity contribution in [3.8, 4) is 0 Å². The third kappa shape index (κ3) is 1.16. The molecule has 36 valence electrons. The summed E-state index contributed by atoms with van der Waals surface area (Å²) in [6.07, 6.45) is 1.36. The Morgan fingerprint density at radius 3 is 2.67 bits per heavy atom. The van der Waals surface area contributed by atoms with Crippen molar-refractivity contribution in [3.63, 3.8) is 0 Å². The summed E-state index contributed by atoms with van der Waals surface area (Å²) >= 11 is 4.88. The molecular formula is C3H7NSSe. The van der Waals surface area contributed by atoms with E-state index < -0.39 is 0 Å². The normalized spacial score (nSPS) is 25.5. The molecule has 0 aliphatic carbocycles. The van der Waals surface area contributed by atoms with Gasteiger partial charge in [0.1, 0.15) is 0 Å². The molecule has 1 fully saturated rings. The molecule has 0 bridgehead atoms. The molecule has 1 nitrogen and oxygen atoms in total. The van der Waals surface area contributed by atoms with Crippen LogP contribution in [0.4, 0.5) is 0 Å². The number of thiol groups is 1. The molecule has 3 heteroatoms. The van der Waals surface area contributed by atoms with E-state index in [-0.39, 0.29) is 0 Å². The molecule has 0 unspecified atom stereocenters. The van der Waals surface area contributed by atoms with E-state index in [0.717, 1.165) is 15.2 Å². The molecule has 0 spiro atoms. The summed E-state index contributed by atoms with van der Waals surface area (Å²) in [5.41, 5.74) is 0. The SMILES string of the molecule is SN1CCC[Se]1. The molecule has 1 saturated heterocycles. The predicted molar refractivity (Wildman–Crippen MR) is 30.9 cm³/mol. The van der Waals surface area contributed by atoms with Crippen molar-refractivity contribution >= 4 is 28.0 Å². The van der Waals surface area contributed by atoms with Gasteiger partial charge in [-0.05, 0) is 0 Å². The van der Waals surface area contributed by atoms with Crippen LogP contribution in [0.2, 0.25) is 5.32 Å². The fourth-order valence-corrected chi connectivity index (χ4v) is 2.53. The summed E-state index contributed by atoms with van der Waals surface area (Å²) < 4.78 is 2.12. The first-order valence-corrected chi connectivity index (χ1v) is 4.36. The van der Waals surface area contributed by atoms with Gasteiger partial charge in [-0.15, -0.1) is 0 Å². The van der Waals surface area contributed by atoms with Crippen molar-refractivity contribution in [2.24, 2.45) is 0 Å². The molecule has 0 saturated carbocycles. The molecule has 0 atom stereocenters. The number of hydrogen-bond acceptors (Lipinski definition) is 2. The van der Waals surface area contributed by atoms with Gasteiger partial charge in [0, 0.05) is 0 Å². The summed E-state index contributed by atoms with van der Waals surface area (Å²) in [5.74, 6) is 0. The van der Waals surface area contributed by atoms with Gasteiger partial charge >= 0.3 is 49.6 Å². The Morgan fingerprint density at radius 2 is 2.50 bits per heavy atom. The summed E-state index contributed by atoms with van der Waals surface area (Å²) in [4.78, 5) is 0. The molecule has 6 heavy (non-hydrogen) atoms. The molecule has 1 heterocycles. The molecule has 0 radical (unpaired) electrons. The van der Waals surface area contributed by atoms with Gasteiger partial charge in [-0.1, -0.05) is 0 Å². The van der Waals surface area contributed by atoms with Gasteiger partial charge in [-0.2, -0.15) is 0 Å². The average molecular weight is 168 g/mol. The summed E-state index contributed by atoms with van der Waals surface area (Å²) in [6.45, 7) is 1.21. The Morgan fingerprint density at radius 1 is 1.67 bits per heavy atom. The maximum absolute atomic E-state index is 4.15. The zero-order valence-electron chi connectivity index (χ0n) is 3.42. The summed E-state index contributed by atoms with van der Waals surface area (Å²) in [5, 5.41) is 1.40. The Hall–Kier alpha value is 0.829. The Balaban J connectivity index is 2.18. The van der Waals surface area contributed by atoms with Crippen molar-refractivity contribution in [1.29, 1.82) is 0 Å². The van der Waals surface area contributed by atoms with Crippen LogP contribution in [0, 0.1) is 0 Å². The van der Waals surface area contributed by atoms with E-state index in [2.05, 4.69) is 16.1 Å². The molecule has 0 aromatic heterocycles. The zero-order chi connectivity index (χ0) is 4.41. The third-order valence-electron chi connectivity index (χ3n) is 0.734. The molecular weight excluding hydrogens is 161 g/mol. The van der Waals surface area contributed by atoms with Gasteiger partial charge < -0.3 is 0 Å². The molecule has 0 aromatic carbocycles. The Labute approximate surface area is 50.0 Å². The van der Waals surface area contributed by atoms with Crippen LogP contribution >= 0.6 is 12.8 Å². The van der Waals surface area contributed by atoms with E-state index in [1.54, 1.807) is 0 Å². The van der Waals surface area contributed by atoms with Crippen molar-refractivity contribution in [2.75, 3.05) is 6.54 Å². The van der Waals surface area contributed by atoms with Crippen LogP contribution in [0.5, 0.6) is 0 Å². The van der Waals surface area contributed by atoms with Crippen molar-refractivity contribution in [1.82, 2.24) is 3.32 Å². The van der Waals surface area contributed by atoms with Crippen molar-refractivity contribution in [2.45, 2.75) is 11.7 Å². The van der Waals surface area contributed by atoms with E-state index in [1.165, 1.54) is 18.3 Å². The van der Waals surface area contributed by atoms with E-state index in [9.17, 15) is 0 Å².